The second-order valence-corrected chi connectivity index (χ2v) is 9.43. The number of nitrogens with one attached hydrogen (secondary N) is 3. The first kappa shape index (κ1) is 56.3. The Hall–Kier alpha value is -3.12. The van der Waals surface area contributed by atoms with Crippen molar-refractivity contribution in [3.8, 4) is 0 Å². The molecule has 50 heavy (non-hydrogen) atoms. The van der Waals surface area contributed by atoms with Gasteiger partial charge in [-0.3, -0.25) is 0 Å². The maximum Gasteiger partial charge on any atom is 0.490 e. The van der Waals surface area contributed by atoms with Crippen LogP contribution in [0.4, 0.5) is 52.7 Å². The summed E-state index contributed by atoms with van der Waals surface area (Å²) in [6.45, 7) is 9.90. The SMILES string of the molecule is CCCCCCCCNCCCNCCCCNCCCN.O=C(O)C(F)(F)F.O=C(O)C(F)(F)F.O=C(O)C(F)(F)F.O=C(O)C(F)(F)F. The predicted molar refractivity (Wildman–Crippen MR) is 154 cm³/mol. The highest BCUT2D eigenvalue weighted by Crippen LogP contribution is 2.15. The van der Waals surface area contributed by atoms with Gasteiger partial charge in [0.25, 0.3) is 0 Å². The van der Waals surface area contributed by atoms with Gasteiger partial charge in [-0.15, -0.1) is 0 Å². The average Bonchev–Trinajstić information content (AvgIpc) is 2.96. The molecule has 0 aliphatic carbocycles. The zero-order valence-corrected chi connectivity index (χ0v) is 27.1. The number of aliphatic carboxylic acids is 4. The molecule has 0 aromatic heterocycles. The molecule has 302 valence electrons. The number of hydrogen-bond acceptors (Lipinski definition) is 8. The van der Waals surface area contributed by atoms with Crippen LogP contribution in [0.1, 0.15) is 71.1 Å². The lowest BCUT2D eigenvalue weighted by Gasteiger charge is -2.07. The Morgan fingerprint density at radius 2 is 0.620 bits per heavy atom. The van der Waals surface area contributed by atoms with E-state index in [1.165, 1.54) is 64.3 Å². The molecule has 0 aliphatic heterocycles. The fourth-order valence-electron chi connectivity index (χ4n) is 2.47. The fourth-order valence-corrected chi connectivity index (χ4v) is 2.47. The molecule has 0 saturated heterocycles. The van der Waals surface area contributed by atoms with Crippen LogP contribution in [0.5, 0.6) is 0 Å². The van der Waals surface area contributed by atoms with E-state index in [1.54, 1.807) is 0 Å². The summed E-state index contributed by atoms with van der Waals surface area (Å²) in [5.41, 5.74) is 5.45. The van der Waals surface area contributed by atoms with Gasteiger partial charge in [0.05, 0.1) is 0 Å². The first-order valence-corrected chi connectivity index (χ1v) is 14.7. The standard InChI is InChI=1S/C18H42N4.4C2HF3O2/c1-2-3-4-5-6-7-13-21-17-11-18-22-15-9-8-14-20-16-10-12-19;4*3-2(4,5)1(6)7/h20-22H,2-19H2,1H3;4*(H,6,7). The van der Waals surface area contributed by atoms with E-state index in [9.17, 15) is 52.7 Å². The van der Waals surface area contributed by atoms with E-state index < -0.39 is 48.6 Å². The van der Waals surface area contributed by atoms with Crippen molar-refractivity contribution in [2.45, 2.75) is 95.8 Å². The zero-order chi connectivity index (χ0) is 40.5. The minimum Gasteiger partial charge on any atom is -0.475 e. The lowest BCUT2D eigenvalue weighted by atomic mass is 10.1. The maximum absolute atomic E-state index is 10.6. The lowest BCUT2D eigenvalue weighted by molar-refractivity contribution is -0.193. The summed E-state index contributed by atoms with van der Waals surface area (Å²) >= 11 is 0. The Morgan fingerprint density at radius 1 is 0.420 bits per heavy atom. The van der Waals surface area contributed by atoms with Crippen LogP contribution in [0.25, 0.3) is 0 Å². The van der Waals surface area contributed by atoms with Crippen LogP contribution in [-0.2, 0) is 19.2 Å². The van der Waals surface area contributed by atoms with Crippen molar-refractivity contribution in [2.75, 3.05) is 45.8 Å². The van der Waals surface area contributed by atoms with Gasteiger partial charge >= 0.3 is 48.6 Å². The highest BCUT2D eigenvalue weighted by Gasteiger charge is 2.40. The third kappa shape index (κ3) is 54.3. The fraction of sp³-hybridized carbons (Fsp3) is 0.846. The Labute approximate surface area is 280 Å². The van der Waals surface area contributed by atoms with E-state index in [4.69, 9.17) is 45.3 Å². The predicted octanol–water partition coefficient (Wildman–Crippen LogP) is 5.17. The van der Waals surface area contributed by atoms with E-state index in [0.29, 0.717) is 0 Å². The summed E-state index contributed by atoms with van der Waals surface area (Å²) in [6.07, 6.45) is -7.16. The third-order valence-electron chi connectivity index (χ3n) is 4.90. The molecule has 0 rings (SSSR count). The molecule has 9 N–H and O–H groups in total. The zero-order valence-electron chi connectivity index (χ0n) is 27.1. The van der Waals surface area contributed by atoms with Crippen LogP contribution in [0.15, 0.2) is 0 Å². The summed E-state index contributed by atoms with van der Waals surface area (Å²) < 4.78 is 127. The first-order chi connectivity index (χ1) is 22.7. The molecule has 0 fully saturated rings. The number of alkyl halides is 12. The summed E-state index contributed by atoms with van der Waals surface area (Å²) in [4.78, 5) is 35.6. The molecule has 0 aromatic carbocycles. The number of carbonyl (C=O) groups is 4. The van der Waals surface area contributed by atoms with E-state index >= 15 is 0 Å². The molecule has 0 atom stereocenters. The van der Waals surface area contributed by atoms with Crippen molar-refractivity contribution in [3.63, 3.8) is 0 Å². The normalized spacial score (nSPS) is 11.2. The van der Waals surface area contributed by atoms with E-state index in [1.807, 2.05) is 0 Å². The molecule has 0 bridgehead atoms. The van der Waals surface area contributed by atoms with Crippen molar-refractivity contribution in [1.29, 1.82) is 0 Å². The van der Waals surface area contributed by atoms with Gasteiger partial charge in [-0.1, -0.05) is 39.0 Å². The number of carboxylic acids is 4. The largest absolute Gasteiger partial charge is 0.490 e. The highest BCUT2D eigenvalue weighted by molar-refractivity contribution is 5.74. The number of rotatable bonds is 19. The van der Waals surface area contributed by atoms with E-state index in [-0.39, 0.29) is 0 Å². The van der Waals surface area contributed by atoms with Gasteiger partial charge in [0.1, 0.15) is 0 Å². The van der Waals surface area contributed by atoms with Gasteiger partial charge in [0.2, 0.25) is 0 Å². The Morgan fingerprint density at radius 3 is 0.860 bits per heavy atom. The Bertz CT molecular complexity index is 743. The number of carboxylic acid groups (broad SMARTS) is 4. The molecule has 0 saturated carbocycles. The molecule has 12 nitrogen and oxygen atoms in total. The van der Waals surface area contributed by atoms with Gasteiger partial charge in [-0.05, 0) is 77.9 Å². The molecule has 0 aromatic rings. The summed E-state index contributed by atoms with van der Waals surface area (Å²) in [5, 5.41) is 39.0. The third-order valence-corrected chi connectivity index (χ3v) is 4.90. The molecule has 0 unspecified atom stereocenters. The Kier molecular flexibility index (Phi) is 37.2. The molecule has 0 spiro atoms. The maximum atomic E-state index is 10.6. The molecule has 0 radical (unpaired) electrons. The molecule has 24 heteroatoms. The van der Waals surface area contributed by atoms with Crippen LogP contribution < -0.4 is 21.7 Å². The molecule has 0 heterocycles. The van der Waals surface area contributed by atoms with Gasteiger partial charge < -0.3 is 42.1 Å². The number of nitrogens with two attached hydrogens (primary N) is 1. The topological polar surface area (TPSA) is 211 Å². The summed E-state index contributed by atoms with van der Waals surface area (Å²) in [7, 11) is 0. The second kappa shape index (κ2) is 33.0. The van der Waals surface area contributed by atoms with Crippen LogP contribution in [0, 0.1) is 0 Å². The molecular formula is C26H46F12N4O8. The minimum absolute atomic E-state index is 0.793. The van der Waals surface area contributed by atoms with Gasteiger partial charge in [-0.2, -0.15) is 52.7 Å². The monoisotopic (exact) mass is 770 g/mol. The van der Waals surface area contributed by atoms with Crippen molar-refractivity contribution in [2.24, 2.45) is 5.73 Å². The second-order valence-electron chi connectivity index (χ2n) is 9.43. The van der Waals surface area contributed by atoms with Crippen LogP contribution >= 0.6 is 0 Å². The van der Waals surface area contributed by atoms with Crippen LogP contribution in [-0.4, -0.2) is 115 Å². The number of unbranched alkanes of at least 4 members (excludes halogenated alkanes) is 6. The smallest absolute Gasteiger partial charge is 0.475 e. The van der Waals surface area contributed by atoms with Crippen molar-refractivity contribution >= 4 is 23.9 Å². The quantitative estimate of drug-likeness (QED) is 0.0632. The highest BCUT2D eigenvalue weighted by atomic mass is 19.4. The van der Waals surface area contributed by atoms with Crippen LogP contribution in [0.3, 0.4) is 0 Å². The first-order valence-electron chi connectivity index (χ1n) is 14.7. The molecule has 0 aliphatic rings. The van der Waals surface area contributed by atoms with Crippen molar-refractivity contribution in [1.82, 2.24) is 16.0 Å². The number of halogens is 12. The average molecular weight is 771 g/mol. The van der Waals surface area contributed by atoms with E-state index in [0.717, 1.165) is 45.7 Å². The Balaban J connectivity index is -0.000000196. The number of hydrogen-bond donors (Lipinski definition) is 8. The summed E-state index contributed by atoms with van der Waals surface area (Å²) in [6, 6.07) is 0. The van der Waals surface area contributed by atoms with Crippen molar-refractivity contribution in [3.05, 3.63) is 0 Å². The molecule has 0 amide bonds. The van der Waals surface area contributed by atoms with Gasteiger partial charge in [0, 0.05) is 0 Å². The van der Waals surface area contributed by atoms with Gasteiger partial charge in [0.15, 0.2) is 0 Å². The molecular weight excluding hydrogens is 724 g/mol. The van der Waals surface area contributed by atoms with Crippen molar-refractivity contribution < 1.29 is 92.3 Å². The van der Waals surface area contributed by atoms with Gasteiger partial charge in [-0.25, -0.2) is 19.2 Å². The van der Waals surface area contributed by atoms with Crippen LogP contribution in [0.2, 0.25) is 0 Å². The minimum atomic E-state index is -5.08. The lowest BCUT2D eigenvalue weighted by Crippen LogP contribution is -2.24. The van der Waals surface area contributed by atoms with E-state index in [2.05, 4.69) is 22.9 Å². The summed E-state index contributed by atoms with van der Waals surface area (Å²) in [5.74, 6) is -11.0.